The molecule has 0 aliphatic rings. The average molecular weight is 521 g/mol. The molecule has 0 aliphatic heterocycles. The van der Waals surface area contributed by atoms with Gasteiger partial charge in [0, 0.05) is 15.1 Å². The van der Waals surface area contributed by atoms with Gasteiger partial charge in [-0.05, 0) is 48.9 Å². The lowest BCUT2D eigenvalue weighted by Gasteiger charge is -2.12. The molecule has 0 fully saturated rings. The summed E-state index contributed by atoms with van der Waals surface area (Å²) in [6.07, 6.45) is 0. The molecule has 0 radical (unpaired) electrons. The van der Waals surface area contributed by atoms with Gasteiger partial charge in [-0.25, -0.2) is 15.0 Å². The molecule has 172 valence electrons. The van der Waals surface area contributed by atoms with E-state index in [2.05, 4.69) is 0 Å². The van der Waals surface area contributed by atoms with E-state index in [0.29, 0.717) is 59.8 Å². The molecule has 9 heteroatoms. The maximum atomic E-state index is 13.9. The first-order chi connectivity index (χ1) is 16.9. The third-order valence-electron chi connectivity index (χ3n) is 5.95. The second kappa shape index (κ2) is 8.34. The summed E-state index contributed by atoms with van der Waals surface area (Å²) in [6, 6.07) is 20.1. The standard InChI is InChI=1S/C26H16Cl3N5O/c1-14-30-24-22(26(35)33(14)13-15-6-2-3-7-19(15)29)23-25(32-21-9-5-4-8-20(21)31-23)34(24)18-11-16(27)10-17(28)12-18/h2-12H,13H2,1H3. The van der Waals surface area contributed by atoms with Crippen molar-refractivity contribution in [2.24, 2.45) is 0 Å². The van der Waals surface area contributed by atoms with Gasteiger partial charge in [-0.3, -0.25) is 13.9 Å². The summed E-state index contributed by atoms with van der Waals surface area (Å²) in [4.78, 5) is 28.5. The molecule has 0 spiro atoms. The van der Waals surface area contributed by atoms with E-state index in [1.54, 1.807) is 40.3 Å². The Labute approximate surface area is 214 Å². The van der Waals surface area contributed by atoms with Crippen molar-refractivity contribution in [2.45, 2.75) is 13.5 Å². The van der Waals surface area contributed by atoms with Crippen molar-refractivity contribution in [3.8, 4) is 5.69 Å². The van der Waals surface area contributed by atoms with Gasteiger partial charge >= 0.3 is 0 Å². The van der Waals surface area contributed by atoms with E-state index >= 15 is 0 Å². The molecule has 35 heavy (non-hydrogen) atoms. The van der Waals surface area contributed by atoms with Crippen LogP contribution in [0.3, 0.4) is 0 Å². The summed E-state index contributed by atoms with van der Waals surface area (Å²) in [7, 11) is 0. The average Bonchev–Trinajstić information content (AvgIpc) is 3.13. The van der Waals surface area contributed by atoms with E-state index in [4.69, 9.17) is 49.8 Å². The number of nitrogens with zero attached hydrogens (tertiary/aromatic N) is 5. The van der Waals surface area contributed by atoms with Gasteiger partial charge in [-0.15, -0.1) is 0 Å². The summed E-state index contributed by atoms with van der Waals surface area (Å²) < 4.78 is 3.39. The Bertz CT molecular complexity index is 1840. The van der Waals surface area contributed by atoms with E-state index in [1.807, 2.05) is 42.5 Å². The molecule has 3 aromatic carbocycles. The third kappa shape index (κ3) is 3.65. The number of rotatable bonds is 3. The summed E-state index contributed by atoms with van der Waals surface area (Å²) in [5.74, 6) is 0.532. The summed E-state index contributed by atoms with van der Waals surface area (Å²) in [5.41, 5.74) is 4.01. The Balaban J connectivity index is 1.74. The van der Waals surface area contributed by atoms with Crippen molar-refractivity contribution in [2.75, 3.05) is 0 Å². The van der Waals surface area contributed by atoms with Gasteiger partial charge in [-0.1, -0.05) is 65.1 Å². The Morgan fingerprint density at radius 3 is 2.17 bits per heavy atom. The van der Waals surface area contributed by atoms with E-state index in [1.165, 1.54) is 0 Å². The molecule has 0 bridgehead atoms. The van der Waals surface area contributed by atoms with Crippen LogP contribution in [0, 0.1) is 6.92 Å². The van der Waals surface area contributed by atoms with Gasteiger partial charge in [-0.2, -0.15) is 0 Å². The zero-order valence-electron chi connectivity index (χ0n) is 18.3. The summed E-state index contributed by atoms with van der Waals surface area (Å²) in [5, 5.41) is 1.87. The minimum absolute atomic E-state index is 0.228. The molecule has 6 nitrogen and oxygen atoms in total. The van der Waals surface area contributed by atoms with Crippen LogP contribution in [0.4, 0.5) is 0 Å². The Hall–Kier alpha value is -3.45. The number of aryl methyl sites for hydroxylation is 1. The number of fused-ring (bicyclic) bond motifs is 4. The molecule has 6 aromatic rings. The molecular weight excluding hydrogens is 505 g/mol. The highest BCUT2D eigenvalue weighted by atomic mass is 35.5. The molecule has 0 aliphatic carbocycles. The van der Waals surface area contributed by atoms with Crippen molar-refractivity contribution >= 4 is 68.0 Å². The van der Waals surface area contributed by atoms with Crippen LogP contribution in [-0.4, -0.2) is 24.1 Å². The largest absolute Gasteiger partial charge is 0.292 e. The minimum Gasteiger partial charge on any atom is -0.292 e. The van der Waals surface area contributed by atoms with Crippen LogP contribution in [0.1, 0.15) is 11.4 Å². The van der Waals surface area contributed by atoms with Crippen molar-refractivity contribution < 1.29 is 0 Å². The molecule has 6 rings (SSSR count). The molecule has 0 N–H and O–H groups in total. The lowest BCUT2D eigenvalue weighted by atomic mass is 10.2. The first kappa shape index (κ1) is 22.0. The van der Waals surface area contributed by atoms with Crippen molar-refractivity contribution in [1.29, 1.82) is 0 Å². The first-order valence-corrected chi connectivity index (χ1v) is 11.9. The zero-order chi connectivity index (χ0) is 24.3. The van der Waals surface area contributed by atoms with Gasteiger partial charge in [0.1, 0.15) is 16.7 Å². The SMILES string of the molecule is Cc1nc2c(c(=O)n1Cc1ccccc1Cl)c1nc3ccccc3nc1n2-c1cc(Cl)cc(Cl)c1. The smallest absolute Gasteiger partial charge is 0.265 e. The highest BCUT2D eigenvalue weighted by Gasteiger charge is 2.23. The number of benzene rings is 3. The quantitative estimate of drug-likeness (QED) is 0.264. The van der Waals surface area contributed by atoms with Crippen LogP contribution >= 0.6 is 34.8 Å². The highest BCUT2D eigenvalue weighted by molar-refractivity contribution is 6.35. The maximum absolute atomic E-state index is 13.9. The monoisotopic (exact) mass is 519 g/mol. The van der Waals surface area contributed by atoms with Crippen LogP contribution in [0.25, 0.3) is 38.9 Å². The summed E-state index contributed by atoms with van der Waals surface area (Å²) >= 11 is 19.0. The van der Waals surface area contributed by atoms with E-state index < -0.39 is 0 Å². The third-order valence-corrected chi connectivity index (χ3v) is 6.75. The first-order valence-electron chi connectivity index (χ1n) is 10.8. The second-order valence-electron chi connectivity index (χ2n) is 8.19. The number of para-hydroxylation sites is 2. The molecule has 0 amide bonds. The predicted molar refractivity (Wildman–Crippen MR) is 141 cm³/mol. The van der Waals surface area contributed by atoms with Crippen molar-refractivity contribution in [3.63, 3.8) is 0 Å². The number of hydrogen-bond donors (Lipinski definition) is 0. The second-order valence-corrected chi connectivity index (χ2v) is 9.47. The highest BCUT2D eigenvalue weighted by Crippen LogP contribution is 2.31. The lowest BCUT2D eigenvalue weighted by molar-refractivity contribution is 0.711. The normalized spacial score (nSPS) is 11.7. The molecule has 0 saturated heterocycles. The molecule has 0 saturated carbocycles. The van der Waals surface area contributed by atoms with Crippen LogP contribution < -0.4 is 5.56 Å². The minimum atomic E-state index is -0.228. The van der Waals surface area contributed by atoms with Gasteiger partial charge in [0.25, 0.3) is 5.56 Å². The fourth-order valence-corrected chi connectivity index (χ4v) is 5.04. The molecule has 3 aromatic heterocycles. The van der Waals surface area contributed by atoms with E-state index in [-0.39, 0.29) is 12.1 Å². The summed E-state index contributed by atoms with van der Waals surface area (Å²) in [6.45, 7) is 2.08. The van der Waals surface area contributed by atoms with Gasteiger partial charge < -0.3 is 0 Å². The fraction of sp³-hybridized carbons (Fsp3) is 0.0769. The Morgan fingerprint density at radius 2 is 1.46 bits per heavy atom. The van der Waals surface area contributed by atoms with Crippen LogP contribution in [0.2, 0.25) is 15.1 Å². The molecule has 0 unspecified atom stereocenters. The van der Waals surface area contributed by atoms with E-state index in [0.717, 1.165) is 5.56 Å². The van der Waals surface area contributed by atoms with Gasteiger partial charge in [0.2, 0.25) is 0 Å². The molecular formula is C26H16Cl3N5O. The maximum Gasteiger partial charge on any atom is 0.265 e. The predicted octanol–water partition coefficient (Wildman–Crippen LogP) is 6.60. The van der Waals surface area contributed by atoms with E-state index in [9.17, 15) is 4.79 Å². The number of hydrogen-bond acceptors (Lipinski definition) is 4. The molecule has 0 atom stereocenters. The van der Waals surface area contributed by atoms with Gasteiger partial charge in [0.05, 0.1) is 23.3 Å². The fourth-order valence-electron chi connectivity index (χ4n) is 4.33. The Morgan fingerprint density at radius 1 is 0.800 bits per heavy atom. The van der Waals surface area contributed by atoms with Gasteiger partial charge in [0.15, 0.2) is 11.3 Å². The lowest BCUT2D eigenvalue weighted by Crippen LogP contribution is -2.24. The number of halogens is 3. The number of aromatic nitrogens is 5. The zero-order valence-corrected chi connectivity index (χ0v) is 20.6. The van der Waals surface area contributed by atoms with Crippen molar-refractivity contribution in [1.82, 2.24) is 24.1 Å². The Kier molecular flexibility index (Phi) is 5.25. The van der Waals surface area contributed by atoms with Crippen molar-refractivity contribution in [3.05, 3.63) is 104 Å². The van der Waals surface area contributed by atoms with Crippen LogP contribution in [-0.2, 0) is 6.54 Å². The van der Waals surface area contributed by atoms with Crippen LogP contribution in [0.5, 0.6) is 0 Å². The van der Waals surface area contributed by atoms with Crippen LogP contribution in [0.15, 0.2) is 71.5 Å². The topological polar surface area (TPSA) is 65.6 Å². The molecule has 3 heterocycles.